The van der Waals surface area contributed by atoms with E-state index in [0.29, 0.717) is 26.2 Å². The molecule has 1 aliphatic heterocycles. The maximum absolute atomic E-state index is 12.3. The van der Waals surface area contributed by atoms with Crippen LogP contribution in [0, 0.1) is 5.92 Å². The average molecular weight is 271 g/mol. The van der Waals surface area contributed by atoms with E-state index in [-0.39, 0.29) is 23.8 Å². The first-order valence-electron chi connectivity index (χ1n) is 6.86. The van der Waals surface area contributed by atoms with Crippen molar-refractivity contribution in [2.75, 3.05) is 40.4 Å². The molecule has 0 bridgehead atoms. The smallest absolute Gasteiger partial charge is 0.229 e. The van der Waals surface area contributed by atoms with Crippen LogP contribution in [-0.2, 0) is 14.3 Å². The number of ether oxygens (including phenoxy) is 1. The topological polar surface area (TPSA) is 70.7 Å². The molecule has 2 N–H and O–H groups in total. The van der Waals surface area contributed by atoms with Crippen molar-refractivity contribution in [2.24, 2.45) is 5.92 Å². The molecule has 2 unspecified atom stereocenters. The summed E-state index contributed by atoms with van der Waals surface area (Å²) in [6.07, 6.45) is 1.36. The molecule has 1 heterocycles. The molecule has 6 nitrogen and oxygen atoms in total. The highest BCUT2D eigenvalue weighted by Crippen LogP contribution is 2.16. The zero-order chi connectivity index (χ0) is 14.3. The van der Waals surface area contributed by atoms with Crippen LogP contribution in [0.15, 0.2) is 0 Å². The Morgan fingerprint density at radius 3 is 2.74 bits per heavy atom. The lowest BCUT2D eigenvalue weighted by atomic mass is 10.0. The molecular weight excluding hydrogens is 246 g/mol. The summed E-state index contributed by atoms with van der Waals surface area (Å²) in [7, 11) is 3.33. The molecule has 0 aromatic rings. The Hall–Kier alpha value is -1.14. The van der Waals surface area contributed by atoms with Gasteiger partial charge >= 0.3 is 0 Å². The molecule has 1 saturated heterocycles. The highest BCUT2D eigenvalue weighted by atomic mass is 16.5. The van der Waals surface area contributed by atoms with Crippen LogP contribution in [0.4, 0.5) is 0 Å². The van der Waals surface area contributed by atoms with Gasteiger partial charge in [0.25, 0.3) is 0 Å². The van der Waals surface area contributed by atoms with Crippen LogP contribution >= 0.6 is 0 Å². The Bertz CT molecular complexity index is 310. The minimum atomic E-state index is -0.138. The van der Waals surface area contributed by atoms with E-state index in [1.807, 2.05) is 0 Å². The third-order valence-corrected chi connectivity index (χ3v) is 3.38. The molecule has 0 aromatic heterocycles. The van der Waals surface area contributed by atoms with Gasteiger partial charge in [0, 0.05) is 33.1 Å². The van der Waals surface area contributed by atoms with Crippen molar-refractivity contribution in [3.05, 3.63) is 0 Å². The maximum Gasteiger partial charge on any atom is 0.229 e. The number of rotatable bonds is 7. The summed E-state index contributed by atoms with van der Waals surface area (Å²) in [6.45, 7) is 4.47. The Morgan fingerprint density at radius 2 is 2.11 bits per heavy atom. The Labute approximate surface area is 114 Å². The lowest BCUT2D eigenvalue weighted by Crippen LogP contribution is -2.45. The second-order valence-corrected chi connectivity index (χ2v) is 4.89. The minimum absolute atomic E-state index is 0.0509. The predicted octanol–water partition coefficient (Wildman–Crippen LogP) is -0.404. The molecule has 0 spiro atoms. The molecule has 1 aliphatic rings. The molecule has 0 aliphatic carbocycles. The van der Waals surface area contributed by atoms with E-state index in [1.54, 1.807) is 19.0 Å². The van der Waals surface area contributed by atoms with Crippen LogP contribution in [0.2, 0.25) is 0 Å². The predicted molar refractivity (Wildman–Crippen MR) is 72.7 cm³/mol. The highest BCUT2D eigenvalue weighted by Gasteiger charge is 2.35. The van der Waals surface area contributed by atoms with Gasteiger partial charge in [0.2, 0.25) is 11.8 Å². The number of nitrogens with one attached hydrogen (secondary N) is 2. The van der Waals surface area contributed by atoms with Gasteiger partial charge in [-0.2, -0.15) is 0 Å². The quantitative estimate of drug-likeness (QED) is 0.661. The van der Waals surface area contributed by atoms with Crippen molar-refractivity contribution in [1.82, 2.24) is 15.5 Å². The van der Waals surface area contributed by atoms with Crippen molar-refractivity contribution >= 4 is 11.8 Å². The largest absolute Gasteiger partial charge is 0.379 e. The molecule has 1 rings (SSSR count). The highest BCUT2D eigenvalue weighted by molar-refractivity contribution is 5.81. The van der Waals surface area contributed by atoms with E-state index >= 15 is 0 Å². The minimum Gasteiger partial charge on any atom is -0.379 e. The molecule has 0 aromatic carbocycles. The lowest BCUT2D eigenvalue weighted by Gasteiger charge is -2.24. The van der Waals surface area contributed by atoms with Gasteiger partial charge in [-0.25, -0.2) is 0 Å². The van der Waals surface area contributed by atoms with Crippen molar-refractivity contribution in [1.29, 1.82) is 0 Å². The number of hydrogen-bond acceptors (Lipinski definition) is 4. The fourth-order valence-corrected chi connectivity index (χ4v) is 2.12. The number of hydrogen-bond donors (Lipinski definition) is 2. The van der Waals surface area contributed by atoms with Crippen molar-refractivity contribution < 1.29 is 14.3 Å². The molecule has 2 atom stereocenters. The molecule has 1 fully saturated rings. The fraction of sp³-hybridized carbons (Fsp3) is 0.846. The summed E-state index contributed by atoms with van der Waals surface area (Å²) in [5.41, 5.74) is 0. The van der Waals surface area contributed by atoms with Crippen molar-refractivity contribution in [3.8, 4) is 0 Å². The van der Waals surface area contributed by atoms with E-state index in [0.717, 1.165) is 13.0 Å². The van der Waals surface area contributed by atoms with Crippen LogP contribution in [-0.4, -0.2) is 63.2 Å². The van der Waals surface area contributed by atoms with Gasteiger partial charge < -0.3 is 20.3 Å². The summed E-state index contributed by atoms with van der Waals surface area (Å²) in [6, 6.07) is 0.0925. The molecule has 2 amide bonds. The van der Waals surface area contributed by atoms with Gasteiger partial charge in [-0.3, -0.25) is 9.59 Å². The second-order valence-electron chi connectivity index (χ2n) is 4.89. The van der Waals surface area contributed by atoms with Crippen LogP contribution in [0.5, 0.6) is 0 Å². The summed E-state index contributed by atoms with van der Waals surface area (Å²) < 4.78 is 5.40. The number of amides is 2. The van der Waals surface area contributed by atoms with E-state index in [2.05, 4.69) is 17.6 Å². The first kappa shape index (κ1) is 15.9. The third-order valence-electron chi connectivity index (χ3n) is 3.38. The molecule has 0 radical (unpaired) electrons. The lowest BCUT2D eigenvalue weighted by molar-refractivity contribution is -0.135. The van der Waals surface area contributed by atoms with Crippen molar-refractivity contribution in [3.63, 3.8) is 0 Å². The fourth-order valence-electron chi connectivity index (χ4n) is 2.12. The average Bonchev–Trinajstić information content (AvgIpc) is 2.89. The Balaban J connectivity index is 2.43. The Morgan fingerprint density at radius 1 is 1.37 bits per heavy atom. The summed E-state index contributed by atoms with van der Waals surface area (Å²) in [5.74, 6) is -0.140. The van der Waals surface area contributed by atoms with Crippen molar-refractivity contribution in [2.45, 2.75) is 25.8 Å². The van der Waals surface area contributed by atoms with Gasteiger partial charge in [-0.15, -0.1) is 0 Å². The molecule has 6 heteroatoms. The van der Waals surface area contributed by atoms with Gasteiger partial charge in [0.1, 0.15) is 0 Å². The molecular formula is C13H25N3O3. The summed E-state index contributed by atoms with van der Waals surface area (Å²) >= 11 is 0. The molecule has 0 saturated carbocycles. The van der Waals surface area contributed by atoms with Crippen LogP contribution in [0.1, 0.15) is 19.8 Å². The monoisotopic (exact) mass is 271 g/mol. The van der Waals surface area contributed by atoms with Gasteiger partial charge in [0.15, 0.2) is 0 Å². The summed E-state index contributed by atoms with van der Waals surface area (Å²) in [4.78, 5) is 25.1. The normalized spacial score (nSPS) is 22.3. The van der Waals surface area contributed by atoms with Crippen LogP contribution < -0.4 is 10.6 Å². The number of carbonyl (C=O) groups is 2. The van der Waals surface area contributed by atoms with Crippen LogP contribution in [0.3, 0.4) is 0 Å². The molecule has 19 heavy (non-hydrogen) atoms. The van der Waals surface area contributed by atoms with Gasteiger partial charge in [-0.05, 0) is 13.0 Å². The SMILES string of the molecule is CCCNC1COCC1C(=O)N(C)CCC(=O)NC. The van der Waals surface area contributed by atoms with Gasteiger partial charge in [0.05, 0.1) is 19.1 Å². The van der Waals surface area contributed by atoms with E-state index in [9.17, 15) is 9.59 Å². The van der Waals surface area contributed by atoms with E-state index in [4.69, 9.17) is 4.74 Å². The zero-order valence-electron chi connectivity index (χ0n) is 12.1. The summed E-state index contributed by atoms with van der Waals surface area (Å²) in [5, 5.41) is 5.89. The Kier molecular flexibility index (Phi) is 6.80. The van der Waals surface area contributed by atoms with E-state index < -0.39 is 0 Å². The first-order valence-corrected chi connectivity index (χ1v) is 6.86. The van der Waals surface area contributed by atoms with Gasteiger partial charge in [-0.1, -0.05) is 6.92 Å². The number of nitrogens with zero attached hydrogens (tertiary/aromatic N) is 1. The standard InChI is InChI=1S/C13H25N3O3/c1-4-6-15-11-9-19-8-10(11)13(18)16(3)7-5-12(17)14-2/h10-11,15H,4-9H2,1-3H3,(H,14,17). The second kappa shape index (κ2) is 8.12. The number of carbonyl (C=O) groups excluding carboxylic acids is 2. The third kappa shape index (κ3) is 4.80. The maximum atomic E-state index is 12.3. The van der Waals surface area contributed by atoms with Crippen LogP contribution in [0.25, 0.3) is 0 Å². The first-order chi connectivity index (χ1) is 9.10. The zero-order valence-corrected chi connectivity index (χ0v) is 12.1. The van der Waals surface area contributed by atoms with E-state index in [1.165, 1.54) is 0 Å². The molecule has 110 valence electrons.